The van der Waals surface area contributed by atoms with Crippen molar-refractivity contribution in [3.63, 3.8) is 0 Å². The van der Waals surface area contributed by atoms with Crippen LogP contribution < -0.4 is 24.8 Å². The molecule has 0 spiro atoms. The van der Waals surface area contributed by atoms with Gasteiger partial charge in [-0.15, -0.1) is 11.3 Å². The lowest BCUT2D eigenvalue weighted by atomic mass is 10.2. The number of hydrogen-bond donors (Lipinski definition) is 2. The van der Waals surface area contributed by atoms with Gasteiger partial charge in [-0.1, -0.05) is 11.6 Å². The molecule has 1 aromatic heterocycles. The summed E-state index contributed by atoms with van der Waals surface area (Å²) in [4.78, 5) is 29.3. The molecule has 8 nitrogen and oxygen atoms in total. The van der Waals surface area contributed by atoms with Gasteiger partial charge in [-0.25, -0.2) is 4.98 Å². The maximum absolute atomic E-state index is 12.6. The molecule has 0 aliphatic heterocycles. The summed E-state index contributed by atoms with van der Waals surface area (Å²) < 4.78 is 15.6. The number of ether oxygens (including phenoxy) is 3. The number of nitrogens with one attached hydrogen (secondary N) is 2. The van der Waals surface area contributed by atoms with Crippen LogP contribution in [-0.2, 0) is 11.2 Å². The lowest BCUT2D eigenvalue weighted by molar-refractivity contribution is -0.115. The summed E-state index contributed by atoms with van der Waals surface area (Å²) in [5.74, 6) is 0.833. The Labute approximate surface area is 188 Å². The molecule has 1 heterocycles. The van der Waals surface area contributed by atoms with Crippen molar-refractivity contribution in [1.29, 1.82) is 0 Å². The molecule has 2 amide bonds. The molecule has 0 saturated carbocycles. The van der Waals surface area contributed by atoms with Gasteiger partial charge in [-0.2, -0.15) is 0 Å². The highest BCUT2D eigenvalue weighted by Gasteiger charge is 2.14. The van der Waals surface area contributed by atoms with Gasteiger partial charge < -0.3 is 19.5 Å². The zero-order valence-corrected chi connectivity index (χ0v) is 18.6. The van der Waals surface area contributed by atoms with Crippen LogP contribution in [0.2, 0.25) is 5.02 Å². The van der Waals surface area contributed by atoms with E-state index in [4.69, 9.17) is 25.8 Å². The third-order valence-corrected chi connectivity index (χ3v) is 5.20. The first-order chi connectivity index (χ1) is 14.9. The number of hydrogen-bond acceptors (Lipinski definition) is 7. The normalized spacial score (nSPS) is 10.3. The number of amides is 2. The lowest BCUT2D eigenvalue weighted by Crippen LogP contribution is -2.15. The second-order valence-electron chi connectivity index (χ2n) is 6.27. The molecular weight excluding hydrogens is 442 g/mol. The largest absolute Gasteiger partial charge is 0.497 e. The third kappa shape index (κ3) is 5.87. The number of thiazole rings is 1. The maximum atomic E-state index is 12.6. The van der Waals surface area contributed by atoms with E-state index < -0.39 is 0 Å². The van der Waals surface area contributed by atoms with Crippen molar-refractivity contribution in [1.82, 2.24) is 4.98 Å². The van der Waals surface area contributed by atoms with Gasteiger partial charge in [0.05, 0.1) is 39.1 Å². The van der Waals surface area contributed by atoms with Gasteiger partial charge >= 0.3 is 0 Å². The topological polar surface area (TPSA) is 98.8 Å². The Kier molecular flexibility index (Phi) is 7.32. The summed E-state index contributed by atoms with van der Waals surface area (Å²) in [6.07, 6.45) is 0.0228. The van der Waals surface area contributed by atoms with Gasteiger partial charge in [0.25, 0.3) is 5.91 Å². The van der Waals surface area contributed by atoms with Crippen molar-refractivity contribution in [2.45, 2.75) is 6.42 Å². The van der Waals surface area contributed by atoms with Crippen molar-refractivity contribution in [3.8, 4) is 17.2 Å². The fraction of sp³-hybridized carbons (Fsp3) is 0.190. The fourth-order valence-corrected chi connectivity index (χ4v) is 3.57. The van der Waals surface area contributed by atoms with Crippen molar-refractivity contribution < 1.29 is 23.8 Å². The van der Waals surface area contributed by atoms with Crippen LogP contribution in [0.15, 0.2) is 41.8 Å². The molecule has 3 rings (SSSR count). The Morgan fingerprint density at radius 1 is 1.00 bits per heavy atom. The van der Waals surface area contributed by atoms with Crippen LogP contribution in [0.4, 0.5) is 10.8 Å². The van der Waals surface area contributed by atoms with Crippen molar-refractivity contribution in [2.24, 2.45) is 0 Å². The molecule has 0 saturated heterocycles. The van der Waals surface area contributed by atoms with Crippen LogP contribution in [0.3, 0.4) is 0 Å². The van der Waals surface area contributed by atoms with E-state index in [0.717, 1.165) is 0 Å². The number of carbonyl (C=O) groups is 2. The quantitative estimate of drug-likeness (QED) is 0.520. The molecule has 2 N–H and O–H groups in total. The summed E-state index contributed by atoms with van der Waals surface area (Å²) in [6, 6.07) is 9.81. The van der Waals surface area contributed by atoms with Crippen LogP contribution in [0.25, 0.3) is 0 Å². The molecule has 0 unspecified atom stereocenters. The number of anilines is 2. The van der Waals surface area contributed by atoms with E-state index in [-0.39, 0.29) is 18.2 Å². The fourth-order valence-electron chi connectivity index (χ4n) is 2.69. The zero-order chi connectivity index (χ0) is 22.4. The molecule has 0 fully saturated rings. The highest BCUT2D eigenvalue weighted by molar-refractivity contribution is 7.14. The average Bonchev–Trinajstić information content (AvgIpc) is 3.19. The van der Waals surface area contributed by atoms with Gasteiger partial charge in [0.1, 0.15) is 17.2 Å². The van der Waals surface area contributed by atoms with Crippen LogP contribution in [-0.4, -0.2) is 38.1 Å². The molecule has 0 aliphatic carbocycles. The first-order valence-electron chi connectivity index (χ1n) is 9.04. The van der Waals surface area contributed by atoms with Crippen molar-refractivity contribution in [2.75, 3.05) is 32.0 Å². The average molecular weight is 462 g/mol. The summed E-state index contributed by atoms with van der Waals surface area (Å²) >= 11 is 7.20. The Balaban J connectivity index is 1.65. The van der Waals surface area contributed by atoms with Crippen molar-refractivity contribution >= 4 is 45.6 Å². The molecule has 2 aromatic carbocycles. The van der Waals surface area contributed by atoms with E-state index in [9.17, 15) is 9.59 Å². The summed E-state index contributed by atoms with van der Waals surface area (Å²) in [6.45, 7) is 0. The van der Waals surface area contributed by atoms with Crippen molar-refractivity contribution in [3.05, 3.63) is 58.1 Å². The molecule has 0 radical (unpaired) electrons. The van der Waals surface area contributed by atoms with Gasteiger partial charge in [0.2, 0.25) is 5.91 Å². The number of carbonyl (C=O) groups excluding carboxylic acids is 2. The van der Waals surface area contributed by atoms with Crippen LogP contribution in [0.5, 0.6) is 17.2 Å². The predicted molar refractivity (Wildman–Crippen MR) is 120 cm³/mol. The molecule has 3 aromatic rings. The van der Waals surface area contributed by atoms with Gasteiger partial charge in [0, 0.05) is 22.0 Å². The molecule has 162 valence electrons. The Morgan fingerprint density at radius 2 is 1.71 bits per heavy atom. The molecule has 0 atom stereocenters. The number of rotatable bonds is 8. The second kappa shape index (κ2) is 10.1. The number of aromatic nitrogens is 1. The monoisotopic (exact) mass is 461 g/mol. The van der Waals surface area contributed by atoms with Gasteiger partial charge in [-0.3, -0.25) is 14.9 Å². The smallest absolute Gasteiger partial charge is 0.257 e. The molecule has 0 bridgehead atoms. The molecule has 10 heteroatoms. The summed E-state index contributed by atoms with van der Waals surface area (Å²) in [7, 11) is 4.52. The van der Waals surface area contributed by atoms with E-state index in [0.29, 0.717) is 44.3 Å². The highest BCUT2D eigenvalue weighted by atomic mass is 35.5. The Hall–Kier alpha value is -3.30. The Morgan fingerprint density at radius 3 is 2.35 bits per heavy atom. The summed E-state index contributed by atoms with van der Waals surface area (Å²) in [5.41, 5.74) is 1.34. The second-order valence-corrected chi connectivity index (χ2v) is 7.56. The minimum Gasteiger partial charge on any atom is -0.497 e. The minimum absolute atomic E-state index is 0.0228. The van der Waals surface area contributed by atoms with E-state index in [2.05, 4.69) is 15.6 Å². The minimum atomic E-state index is -0.369. The number of benzene rings is 2. The molecule has 0 aliphatic rings. The predicted octanol–water partition coefficient (Wildman–Crippen LogP) is 4.26. The first kappa shape index (κ1) is 22.4. The molecular formula is C21H20ClN3O5S. The van der Waals surface area contributed by atoms with Crippen LogP contribution in [0, 0.1) is 0 Å². The van der Waals surface area contributed by atoms with E-state index in [1.165, 1.54) is 32.7 Å². The third-order valence-electron chi connectivity index (χ3n) is 4.16. The number of halogens is 1. The van der Waals surface area contributed by atoms with Crippen LogP contribution >= 0.6 is 22.9 Å². The Bertz CT molecular complexity index is 1080. The van der Waals surface area contributed by atoms with E-state index in [1.54, 1.807) is 41.8 Å². The van der Waals surface area contributed by atoms with E-state index >= 15 is 0 Å². The summed E-state index contributed by atoms with van der Waals surface area (Å²) in [5, 5.41) is 8.02. The van der Waals surface area contributed by atoms with E-state index in [1.807, 2.05) is 0 Å². The lowest BCUT2D eigenvalue weighted by Gasteiger charge is -2.10. The number of nitrogens with zero attached hydrogens (tertiary/aromatic N) is 1. The zero-order valence-electron chi connectivity index (χ0n) is 17.0. The highest BCUT2D eigenvalue weighted by Crippen LogP contribution is 2.28. The maximum Gasteiger partial charge on any atom is 0.257 e. The van der Waals surface area contributed by atoms with Crippen LogP contribution in [0.1, 0.15) is 16.1 Å². The SMILES string of the molecule is COc1cc(OC)cc(C(=O)Nc2nc(CC(=O)Nc3cc(Cl)ccc3OC)cs2)c1. The van der Waals surface area contributed by atoms with Gasteiger partial charge in [-0.05, 0) is 30.3 Å². The standard InChI is InChI=1S/C21H20ClN3O5S/c1-28-15-6-12(7-16(10-15)29-2)20(27)25-21-23-14(11-31-21)9-19(26)24-17-8-13(22)4-5-18(17)30-3/h4-8,10-11H,9H2,1-3H3,(H,24,26)(H,23,25,27). The first-order valence-corrected chi connectivity index (χ1v) is 10.3. The van der Waals surface area contributed by atoms with Gasteiger partial charge in [0.15, 0.2) is 5.13 Å². The number of methoxy groups -OCH3 is 3. The molecule has 31 heavy (non-hydrogen) atoms.